The summed E-state index contributed by atoms with van der Waals surface area (Å²) < 4.78 is 42.0. The number of hydrogen-bond donors (Lipinski definition) is 1. The van der Waals surface area contributed by atoms with Crippen molar-refractivity contribution in [2.75, 3.05) is 37.9 Å². The topological polar surface area (TPSA) is 94.2 Å². The maximum absolute atomic E-state index is 12.5. The molecule has 3 aromatic carbocycles. The van der Waals surface area contributed by atoms with Crippen molar-refractivity contribution in [2.45, 2.75) is 6.42 Å². The molecule has 34 heavy (non-hydrogen) atoms. The summed E-state index contributed by atoms with van der Waals surface area (Å²) in [4.78, 5) is 12.5. The molecule has 1 amide bonds. The normalized spacial score (nSPS) is 10.9. The first-order chi connectivity index (χ1) is 16.3. The quantitative estimate of drug-likeness (QED) is 0.447. The van der Waals surface area contributed by atoms with Crippen LogP contribution in [-0.4, -0.2) is 47.9 Å². The lowest BCUT2D eigenvalue weighted by atomic mass is 10.1. The van der Waals surface area contributed by atoms with E-state index in [9.17, 15) is 13.2 Å². The average Bonchev–Trinajstić information content (AvgIpc) is 2.83. The fraction of sp³-hybridized carbons (Fsp3) is 0.240. The number of carbonyl (C=O) groups excluding carboxylic acids is 1. The lowest BCUT2D eigenvalue weighted by Crippen LogP contribution is -2.40. The monoisotopic (exact) mass is 484 g/mol. The van der Waals surface area contributed by atoms with Crippen molar-refractivity contribution in [3.05, 3.63) is 78.4 Å². The smallest absolute Gasteiger partial charge is 0.240 e. The first-order valence-electron chi connectivity index (χ1n) is 10.6. The number of sulfonamides is 1. The van der Waals surface area contributed by atoms with Crippen LogP contribution in [-0.2, 0) is 21.2 Å². The molecule has 0 saturated carbocycles. The molecule has 0 heterocycles. The van der Waals surface area contributed by atoms with Gasteiger partial charge in [-0.15, -0.1) is 0 Å². The third-order valence-electron chi connectivity index (χ3n) is 4.97. The molecule has 8 nitrogen and oxygen atoms in total. The van der Waals surface area contributed by atoms with E-state index in [2.05, 4.69) is 5.32 Å². The number of carbonyl (C=O) groups is 1. The second-order valence-corrected chi connectivity index (χ2v) is 9.37. The van der Waals surface area contributed by atoms with Gasteiger partial charge in [-0.3, -0.25) is 9.10 Å². The summed E-state index contributed by atoms with van der Waals surface area (Å²) >= 11 is 0. The van der Waals surface area contributed by atoms with Gasteiger partial charge in [0.1, 0.15) is 18.0 Å². The van der Waals surface area contributed by atoms with E-state index in [-0.39, 0.29) is 6.54 Å². The molecular formula is C25H28N2O6S. The largest absolute Gasteiger partial charge is 0.493 e. The molecule has 0 radical (unpaired) electrons. The number of nitrogens with zero attached hydrogens (tertiary/aromatic N) is 1. The predicted molar refractivity (Wildman–Crippen MR) is 131 cm³/mol. The highest BCUT2D eigenvalue weighted by atomic mass is 32.2. The SMILES string of the molecule is COc1ccc(CCNC(=O)CN(c2ccc(Oc3ccccc3)cc2)S(C)(=O)=O)cc1OC. The maximum Gasteiger partial charge on any atom is 0.240 e. The Hall–Kier alpha value is -3.72. The lowest BCUT2D eigenvalue weighted by Gasteiger charge is -2.22. The predicted octanol–water partition coefficient (Wildman–Crippen LogP) is 3.62. The van der Waals surface area contributed by atoms with Crippen LogP contribution in [0.15, 0.2) is 72.8 Å². The highest BCUT2D eigenvalue weighted by molar-refractivity contribution is 7.92. The Balaban J connectivity index is 1.60. The molecule has 0 aliphatic rings. The molecule has 0 aliphatic carbocycles. The number of benzene rings is 3. The number of ether oxygens (including phenoxy) is 3. The van der Waals surface area contributed by atoms with Crippen LogP contribution in [0.1, 0.15) is 5.56 Å². The van der Waals surface area contributed by atoms with Crippen LogP contribution in [0.3, 0.4) is 0 Å². The summed E-state index contributed by atoms with van der Waals surface area (Å²) in [6.07, 6.45) is 1.62. The molecule has 180 valence electrons. The van der Waals surface area contributed by atoms with Crippen molar-refractivity contribution in [3.8, 4) is 23.0 Å². The number of para-hydroxylation sites is 1. The van der Waals surface area contributed by atoms with Crippen LogP contribution in [0.2, 0.25) is 0 Å². The van der Waals surface area contributed by atoms with E-state index in [1.165, 1.54) is 0 Å². The first-order valence-corrected chi connectivity index (χ1v) is 12.4. The van der Waals surface area contributed by atoms with E-state index >= 15 is 0 Å². The number of hydrogen-bond acceptors (Lipinski definition) is 6. The minimum atomic E-state index is -3.68. The number of anilines is 1. The van der Waals surface area contributed by atoms with Crippen LogP contribution >= 0.6 is 0 Å². The van der Waals surface area contributed by atoms with Gasteiger partial charge >= 0.3 is 0 Å². The Morgan fingerprint density at radius 1 is 0.882 bits per heavy atom. The van der Waals surface area contributed by atoms with Crippen molar-refractivity contribution in [3.63, 3.8) is 0 Å². The number of methoxy groups -OCH3 is 2. The zero-order valence-corrected chi connectivity index (χ0v) is 20.2. The van der Waals surface area contributed by atoms with Gasteiger partial charge in [0.2, 0.25) is 15.9 Å². The van der Waals surface area contributed by atoms with Crippen molar-refractivity contribution in [2.24, 2.45) is 0 Å². The van der Waals surface area contributed by atoms with Gasteiger partial charge in [-0.1, -0.05) is 24.3 Å². The Kier molecular flexibility index (Phi) is 8.37. The summed E-state index contributed by atoms with van der Waals surface area (Å²) in [7, 11) is -0.554. The van der Waals surface area contributed by atoms with Gasteiger partial charge < -0.3 is 19.5 Å². The molecule has 3 rings (SSSR count). The zero-order chi connectivity index (χ0) is 24.6. The highest BCUT2D eigenvalue weighted by Gasteiger charge is 2.21. The van der Waals surface area contributed by atoms with Gasteiger partial charge in [0.15, 0.2) is 11.5 Å². The van der Waals surface area contributed by atoms with Gasteiger partial charge in [0.25, 0.3) is 0 Å². The second-order valence-electron chi connectivity index (χ2n) is 7.47. The number of rotatable bonds is 11. The van der Waals surface area contributed by atoms with Gasteiger partial charge in [0.05, 0.1) is 26.2 Å². The van der Waals surface area contributed by atoms with E-state index in [0.29, 0.717) is 41.7 Å². The first kappa shape index (κ1) is 24.9. The molecule has 0 aliphatic heterocycles. The van der Waals surface area contributed by atoms with E-state index in [1.807, 2.05) is 42.5 Å². The van der Waals surface area contributed by atoms with Crippen molar-refractivity contribution >= 4 is 21.6 Å². The lowest BCUT2D eigenvalue weighted by molar-refractivity contribution is -0.119. The Morgan fingerprint density at radius 2 is 1.53 bits per heavy atom. The third kappa shape index (κ3) is 6.89. The molecule has 0 atom stereocenters. The zero-order valence-electron chi connectivity index (χ0n) is 19.4. The molecular weight excluding hydrogens is 456 g/mol. The third-order valence-corrected chi connectivity index (χ3v) is 6.12. The minimum Gasteiger partial charge on any atom is -0.493 e. The van der Waals surface area contributed by atoms with E-state index in [1.54, 1.807) is 44.6 Å². The number of amides is 1. The second kappa shape index (κ2) is 11.4. The molecule has 9 heteroatoms. The van der Waals surface area contributed by atoms with Crippen molar-refractivity contribution in [1.29, 1.82) is 0 Å². The fourth-order valence-electron chi connectivity index (χ4n) is 3.27. The molecule has 0 unspecified atom stereocenters. The number of nitrogens with one attached hydrogen (secondary N) is 1. The summed E-state index contributed by atoms with van der Waals surface area (Å²) in [5.41, 5.74) is 1.32. The highest BCUT2D eigenvalue weighted by Crippen LogP contribution is 2.28. The molecule has 0 saturated heterocycles. The van der Waals surface area contributed by atoms with Crippen LogP contribution < -0.4 is 23.8 Å². The van der Waals surface area contributed by atoms with Gasteiger partial charge in [-0.2, -0.15) is 0 Å². The van der Waals surface area contributed by atoms with Crippen molar-refractivity contribution in [1.82, 2.24) is 5.32 Å². The van der Waals surface area contributed by atoms with Crippen LogP contribution in [0.5, 0.6) is 23.0 Å². The Bertz CT molecular complexity index is 1200. The summed E-state index contributed by atoms with van der Waals surface area (Å²) in [5, 5.41) is 2.77. The summed E-state index contributed by atoms with van der Waals surface area (Å²) in [6, 6.07) is 21.3. The Morgan fingerprint density at radius 3 is 2.15 bits per heavy atom. The van der Waals surface area contributed by atoms with E-state index in [0.717, 1.165) is 16.1 Å². The standard InChI is InChI=1S/C25H28N2O6S/c1-31-23-14-9-19(17-24(23)32-2)15-16-26-25(28)18-27(34(3,29)30)20-10-12-22(13-11-20)33-21-7-5-4-6-8-21/h4-14,17H,15-16,18H2,1-3H3,(H,26,28). The van der Waals surface area contributed by atoms with Gasteiger partial charge in [-0.05, 0) is 60.5 Å². The summed E-state index contributed by atoms with van der Waals surface area (Å²) in [5.74, 6) is 2.05. The fourth-order valence-corrected chi connectivity index (χ4v) is 4.13. The van der Waals surface area contributed by atoms with Gasteiger partial charge in [0, 0.05) is 6.54 Å². The molecule has 0 aromatic heterocycles. The summed E-state index contributed by atoms with van der Waals surface area (Å²) in [6.45, 7) is 0.0133. The van der Waals surface area contributed by atoms with E-state index in [4.69, 9.17) is 14.2 Å². The minimum absolute atomic E-state index is 0.330. The molecule has 0 fully saturated rings. The van der Waals surface area contributed by atoms with Crippen LogP contribution in [0, 0.1) is 0 Å². The molecule has 3 aromatic rings. The average molecular weight is 485 g/mol. The van der Waals surface area contributed by atoms with E-state index < -0.39 is 15.9 Å². The van der Waals surface area contributed by atoms with Crippen molar-refractivity contribution < 1.29 is 27.4 Å². The molecule has 0 bridgehead atoms. The Labute approximate surface area is 200 Å². The molecule has 1 N–H and O–H groups in total. The van der Waals surface area contributed by atoms with Crippen LogP contribution in [0.25, 0.3) is 0 Å². The van der Waals surface area contributed by atoms with Gasteiger partial charge in [-0.25, -0.2) is 8.42 Å². The maximum atomic E-state index is 12.5. The molecule has 0 spiro atoms. The van der Waals surface area contributed by atoms with Crippen LogP contribution in [0.4, 0.5) is 5.69 Å².